The summed E-state index contributed by atoms with van der Waals surface area (Å²) in [5.74, 6) is 0. The van der Waals surface area contributed by atoms with Crippen LogP contribution in [-0.4, -0.2) is 0 Å². The maximum atomic E-state index is 2.89. The van der Waals surface area contributed by atoms with Gasteiger partial charge in [-0.05, 0) is 0 Å². The average molecular weight is 218 g/mol. The van der Waals surface area contributed by atoms with E-state index in [0.29, 0.717) is 0 Å². The molecule has 0 aliphatic heterocycles. The summed E-state index contributed by atoms with van der Waals surface area (Å²) < 4.78 is 0. The molecule has 13 heavy (non-hydrogen) atoms. The molecule has 1 radical (unpaired) electrons. The Morgan fingerprint density at radius 3 is 0.846 bits per heavy atom. The van der Waals surface area contributed by atoms with Crippen LogP contribution >= 0.6 is 0 Å². The Balaban J connectivity index is 0.000000206. The van der Waals surface area contributed by atoms with Crippen molar-refractivity contribution >= 4 is 0 Å². The van der Waals surface area contributed by atoms with Crippen molar-refractivity contribution in [2.75, 3.05) is 0 Å². The van der Waals surface area contributed by atoms with Crippen molar-refractivity contribution in [3.05, 3.63) is 72.8 Å². The van der Waals surface area contributed by atoms with Gasteiger partial charge in [0, 0.05) is 0 Å². The molecule has 0 N–H and O–H groups in total. The number of benzene rings is 2. The van der Waals surface area contributed by atoms with Gasteiger partial charge < -0.3 is 0 Å². The fourth-order valence-corrected chi connectivity index (χ4v) is 0.684. The Kier molecular flexibility index (Phi) is 8.33. The van der Waals surface area contributed by atoms with Crippen molar-refractivity contribution in [1.82, 2.24) is 0 Å². The van der Waals surface area contributed by atoms with Crippen LogP contribution in [0, 0.1) is 12.1 Å². The Morgan fingerprint density at radius 1 is 0.462 bits per heavy atom. The van der Waals surface area contributed by atoms with Crippen LogP contribution in [0.15, 0.2) is 60.7 Å². The van der Waals surface area contributed by atoms with E-state index in [2.05, 4.69) is 12.1 Å². The topological polar surface area (TPSA) is 0 Å². The van der Waals surface area contributed by atoms with E-state index in [1.165, 1.54) is 0 Å². The van der Waals surface area contributed by atoms with Crippen LogP contribution in [0.5, 0.6) is 0 Å². The SMILES string of the molecule is [Cu+2].[c-]1ccccc1.[c-]1ccccc1. The second kappa shape index (κ2) is 9.05. The van der Waals surface area contributed by atoms with E-state index in [4.69, 9.17) is 0 Å². The van der Waals surface area contributed by atoms with E-state index < -0.39 is 0 Å². The van der Waals surface area contributed by atoms with Crippen LogP contribution in [0.1, 0.15) is 0 Å². The number of hydrogen-bond donors (Lipinski definition) is 0. The fraction of sp³-hybridized carbons (Fsp3) is 0. The Hall–Kier alpha value is -1.04. The first-order valence-corrected chi connectivity index (χ1v) is 3.82. The average Bonchev–Trinajstić information content (AvgIpc) is 2.24. The summed E-state index contributed by atoms with van der Waals surface area (Å²) >= 11 is 0. The third-order valence-electron chi connectivity index (χ3n) is 1.21. The van der Waals surface area contributed by atoms with Gasteiger partial charge in [-0.1, -0.05) is 0 Å². The number of hydrogen-bond acceptors (Lipinski definition) is 0. The molecule has 0 saturated heterocycles. The van der Waals surface area contributed by atoms with Crippen molar-refractivity contribution in [3.8, 4) is 0 Å². The third-order valence-corrected chi connectivity index (χ3v) is 1.21. The van der Waals surface area contributed by atoms with Crippen LogP contribution < -0.4 is 0 Å². The number of rotatable bonds is 0. The molecule has 0 fully saturated rings. The van der Waals surface area contributed by atoms with E-state index in [-0.39, 0.29) is 17.1 Å². The first-order valence-electron chi connectivity index (χ1n) is 3.82. The Labute approximate surface area is 90.1 Å². The second-order valence-corrected chi connectivity index (χ2v) is 2.15. The molecule has 2 rings (SSSR count). The molecule has 1 heteroatoms. The molecule has 0 amide bonds. The molecular formula is C12H10Cu. The summed E-state index contributed by atoms with van der Waals surface area (Å²) in [6.07, 6.45) is 0. The van der Waals surface area contributed by atoms with E-state index >= 15 is 0 Å². The minimum atomic E-state index is 0. The predicted octanol–water partition coefficient (Wildman–Crippen LogP) is 2.97. The molecule has 0 bridgehead atoms. The first kappa shape index (κ1) is 12.0. The molecule has 2 aromatic carbocycles. The van der Waals surface area contributed by atoms with Crippen molar-refractivity contribution in [3.63, 3.8) is 0 Å². The summed E-state index contributed by atoms with van der Waals surface area (Å²) in [4.78, 5) is 0. The van der Waals surface area contributed by atoms with Gasteiger partial charge in [-0.15, -0.1) is 0 Å². The van der Waals surface area contributed by atoms with Gasteiger partial charge in [-0.3, -0.25) is 0 Å². The molecule has 0 unspecified atom stereocenters. The van der Waals surface area contributed by atoms with Gasteiger partial charge >= 0.3 is 17.1 Å². The van der Waals surface area contributed by atoms with Crippen molar-refractivity contribution < 1.29 is 17.1 Å². The monoisotopic (exact) mass is 217 g/mol. The molecule has 0 nitrogen and oxygen atoms in total. The van der Waals surface area contributed by atoms with Crippen LogP contribution in [-0.2, 0) is 17.1 Å². The molecular weight excluding hydrogens is 208 g/mol. The van der Waals surface area contributed by atoms with E-state index in [0.717, 1.165) is 0 Å². The van der Waals surface area contributed by atoms with E-state index in [1.807, 2.05) is 60.7 Å². The fourth-order valence-electron chi connectivity index (χ4n) is 0.684. The van der Waals surface area contributed by atoms with Gasteiger partial charge in [0.25, 0.3) is 0 Å². The van der Waals surface area contributed by atoms with Gasteiger partial charge in [-0.2, -0.15) is 72.8 Å². The van der Waals surface area contributed by atoms with Gasteiger partial charge in [-0.25, -0.2) is 0 Å². The smallest absolute Gasteiger partial charge is 0.184 e. The standard InChI is InChI=1S/2C6H5.Cu/c2*1-2-4-6-5-3-1;/h2*1-5H;/q2*-1;+2. The summed E-state index contributed by atoms with van der Waals surface area (Å²) in [6.45, 7) is 0. The zero-order valence-corrected chi connectivity index (χ0v) is 8.02. The predicted molar refractivity (Wildman–Crippen MR) is 50.6 cm³/mol. The summed E-state index contributed by atoms with van der Waals surface area (Å²) in [5, 5.41) is 0. The summed E-state index contributed by atoms with van der Waals surface area (Å²) in [5.41, 5.74) is 0. The molecule has 2 aromatic rings. The molecule has 0 atom stereocenters. The quantitative estimate of drug-likeness (QED) is 0.470. The molecule has 0 aliphatic carbocycles. The summed E-state index contributed by atoms with van der Waals surface area (Å²) in [6, 6.07) is 25.0. The largest absolute Gasteiger partial charge is 2.00 e. The minimum Gasteiger partial charge on any atom is -0.184 e. The Bertz CT molecular complexity index is 181. The molecule has 0 saturated carbocycles. The van der Waals surface area contributed by atoms with E-state index in [9.17, 15) is 0 Å². The third kappa shape index (κ3) is 7.32. The maximum absolute atomic E-state index is 2.89. The molecule has 69 valence electrons. The van der Waals surface area contributed by atoms with Crippen molar-refractivity contribution in [1.29, 1.82) is 0 Å². The van der Waals surface area contributed by atoms with Gasteiger partial charge in [0.05, 0.1) is 0 Å². The molecule has 0 aromatic heterocycles. The van der Waals surface area contributed by atoms with Crippen molar-refractivity contribution in [2.24, 2.45) is 0 Å². The molecule has 0 spiro atoms. The van der Waals surface area contributed by atoms with Crippen LogP contribution in [0.4, 0.5) is 0 Å². The van der Waals surface area contributed by atoms with Crippen LogP contribution in [0.2, 0.25) is 0 Å². The van der Waals surface area contributed by atoms with Gasteiger partial charge in [0.2, 0.25) is 0 Å². The maximum Gasteiger partial charge on any atom is 2.00 e. The van der Waals surface area contributed by atoms with Crippen molar-refractivity contribution in [2.45, 2.75) is 0 Å². The Morgan fingerprint density at radius 2 is 0.769 bits per heavy atom. The minimum absolute atomic E-state index is 0. The molecule has 0 heterocycles. The van der Waals surface area contributed by atoms with Crippen LogP contribution in [0.3, 0.4) is 0 Å². The first-order chi connectivity index (χ1) is 6.00. The van der Waals surface area contributed by atoms with Gasteiger partial charge in [0.15, 0.2) is 0 Å². The molecule has 0 aliphatic rings. The zero-order valence-electron chi connectivity index (χ0n) is 7.08. The van der Waals surface area contributed by atoms with Crippen LogP contribution in [0.25, 0.3) is 0 Å². The van der Waals surface area contributed by atoms with E-state index in [1.54, 1.807) is 0 Å². The summed E-state index contributed by atoms with van der Waals surface area (Å²) in [7, 11) is 0. The van der Waals surface area contributed by atoms with Gasteiger partial charge in [0.1, 0.15) is 0 Å². The normalized spacial score (nSPS) is 7.38. The zero-order chi connectivity index (χ0) is 8.49. The second-order valence-electron chi connectivity index (χ2n) is 2.15.